The Hall–Kier alpha value is -2.08. The molecular formula is C13H17N5O. The van der Waals surface area contributed by atoms with E-state index in [2.05, 4.69) is 39.1 Å². The summed E-state index contributed by atoms with van der Waals surface area (Å²) in [4.78, 5) is 16.8. The first-order chi connectivity index (χ1) is 9.19. The molecule has 2 rings (SSSR count). The second kappa shape index (κ2) is 6.19. The molecule has 0 aliphatic rings. The van der Waals surface area contributed by atoms with E-state index in [0.29, 0.717) is 30.0 Å². The number of hydrogen-bond acceptors (Lipinski definition) is 6. The molecule has 0 atom stereocenters. The van der Waals surface area contributed by atoms with Gasteiger partial charge in [-0.25, -0.2) is 19.9 Å². The molecule has 2 aromatic rings. The lowest BCUT2D eigenvalue weighted by Gasteiger charge is -2.08. The largest absolute Gasteiger partial charge is 0.481 e. The van der Waals surface area contributed by atoms with Crippen molar-refractivity contribution in [3.8, 4) is 17.4 Å². The standard InChI is InChI=1S/C13H17N5O/c1-9(2)15-7-10-4-5-14-13(18-10)11-6-12(19-3)17-8-16-11/h4-6,8-9,15H,7H2,1-3H3. The quantitative estimate of drug-likeness (QED) is 0.876. The molecule has 100 valence electrons. The fraction of sp³-hybridized carbons (Fsp3) is 0.385. The van der Waals surface area contributed by atoms with E-state index in [0.717, 1.165) is 5.69 Å². The van der Waals surface area contributed by atoms with Crippen molar-refractivity contribution in [2.45, 2.75) is 26.4 Å². The van der Waals surface area contributed by atoms with E-state index in [9.17, 15) is 0 Å². The summed E-state index contributed by atoms with van der Waals surface area (Å²) in [5.74, 6) is 1.07. The van der Waals surface area contributed by atoms with Crippen molar-refractivity contribution < 1.29 is 4.74 Å². The minimum absolute atomic E-state index is 0.414. The molecule has 19 heavy (non-hydrogen) atoms. The van der Waals surface area contributed by atoms with E-state index < -0.39 is 0 Å². The van der Waals surface area contributed by atoms with Crippen molar-refractivity contribution in [3.63, 3.8) is 0 Å². The minimum Gasteiger partial charge on any atom is -0.481 e. The second-order valence-electron chi connectivity index (χ2n) is 4.35. The Balaban J connectivity index is 2.22. The fourth-order valence-corrected chi connectivity index (χ4v) is 1.50. The van der Waals surface area contributed by atoms with Crippen molar-refractivity contribution in [1.29, 1.82) is 0 Å². The van der Waals surface area contributed by atoms with Gasteiger partial charge in [-0.1, -0.05) is 13.8 Å². The molecule has 0 bridgehead atoms. The lowest BCUT2D eigenvalue weighted by Crippen LogP contribution is -2.22. The maximum atomic E-state index is 5.07. The van der Waals surface area contributed by atoms with Gasteiger partial charge < -0.3 is 10.1 Å². The molecule has 2 heterocycles. The van der Waals surface area contributed by atoms with Gasteiger partial charge in [0.2, 0.25) is 5.88 Å². The highest BCUT2D eigenvalue weighted by molar-refractivity contribution is 5.49. The molecule has 6 heteroatoms. The van der Waals surface area contributed by atoms with Crippen LogP contribution in [-0.2, 0) is 6.54 Å². The molecular weight excluding hydrogens is 242 g/mol. The van der Waals surface area contributed by atoms with E-state index >= 15 is 0 Å². The van der Waals surface area contributed by atoms with Crippen molar-refractivity contribution in [1.82, 2.24) is 25.3 Å². The molecule has 6 nitrogen and oxygen atoms in total. The van der Waals surface area contributed by atoms with Gasteiger partial charge in [0.1, 0.15) is 12.0 Å². The summed E-state index contributed by atoms with van der Waals surface area (Å²) in [5, 5.41) is 3.32. The predicted octanol–water partition coefficient (Wildman–Crippen LogP) is 1.44. The van der Waals surface area contributed by atoms with Crippen LogP contribution in [0.3, 0.4) is 0 Å². The number of nitrogens with one attached hydrogen (secondary N) is 1. The van der Waals surface area contributed by atoms with Crippen LogP contribution < -0.4 is 10.1 Å². The monoisotopic (exact) mass is 259 g/mol. The highest BCUT2D eigenvalue weighted by Gasteiger charge is 2.06. The summed E-state index contributed by atoms with van der Waals surface area (Å²) >= 11 is 0. The summed E-state index contributed by atoms with van der Waals surface area (Å²) in [6.45, 7) is 4.89. The minimum atomic E-state index is 0.414. The van der Waals surface area contributed by atoms with Crippen LogP contribution in [0.2, 0.25) is 0 Å². The third kappa shape index (κ3) is 3.69. The van der Waals surface area contributed by atoms with Gasteiger partial charge in [-0.3, -0.25) is 0 Å². The summed E-state index contributed by atoms with van der Waals surface area (Å²) in [6, 6.07) is 4.02. The number of methoxy groups -OCH3 is 1. The second-order valence-corrected chi connectivity index (χ2v) is 4.35. The third-order valence-corrected chi connectivity index (χ3v) is 2.48. The maximum absolute atomic E-state index is 5.07. The van der Waals surface area contributed by atoms with E-state index in [4.69, 9.17) is 4.74 Å². The molecule has 0 spiro atoms. The van der Waals surface area contributed by atoms with Gasteiger partial charge in [0, 0.05) is 24.8 Å². The molecule has 0 aromatic carbocycles. The Kier molecular flexibility index (Phi) is 4.35. The maximum Gasteiger partial charge on any atom is 0.216 e. The van der Waals surface area contributed by atoms with E-state index in [1.54, 1.807) is 19.4 Å². The SMILES string of the molecule is COc1cc(-c2nccc(CNC(C)C)n2)ncn1. The average molecular weight is 259 g/mol. The molecule has 0 saturated heterocycles. The van der Waals surface area contributed by atoms with Crippen molar-refractivity contribution in [2.75, 3.05) is 7.11 Å². The van der Waals surface area contributed by atoms with Crippen LogP contribution in [-0.4, -0.2) is 33.1 Å². The first kappa shape index (κ1) is 13.4. The van der Waals surface area contributed by atoms with Crippen LogP contribution in [0, 0.1) is 0 Å². The molecule has 1 N–H and O–H groups in total. The zero-order valence-electron chi connectivity index (χ0n) is 11.3. The van der Waals surface area contributed by atoms with Gasteiger partial charge in [-0.2, -0.15) is 0 Å². The molecule has 2 aromatic heterocycles. The van der Waals surface area contributed by atoms with Crippen LogP contribution >= 0.6 is 0 Å². The normalized spacial score (nSPS) is 10.7. The highest BCUT2D eigenvalue weighted by Crippen LogP contribution is 2.15. The van der Waals surface area contributed by atoms with Crippen LogP contribution in [0.1, 0.15) is 19.5 Å². The lowest BCUT2D eigenvalue weighted by molar-refractivity contribution is 0.397. The van der Waals surface area contributed by atoms with Gasteiger partial charge in [0.05, 0.1) is 12.8 Å². The van der Waals surface area contributed by atoms with Crippen LogP contribution in [0.25, 0.3) is 11.5 Å². The summed E-state index contributed by atoms with van der Waals surface area (Å²) in [7, 11) is 1.57. The Labute approximate surface area is 112 Å². The number of hydrogen-bond donors (Lipinski definition) is 1. The molecule has 0 amide bonds. The van der Waals surface area contributed by atoms with E-state index in [-0.39, 0.29) is 0 Å². The van der Waals surface area contributed by atoms with Crippen LogP contribution in [0.4, 0.5) is 0 Å². The zero-order valence-corrected chi connectivity index (χ0v) is 11.3. The number of aromatic nitrogens is 4. The van der Waals surface area contributed by atoms with Crippen molar-refractivity contribution >= 4 is 0 Å². The van der Waals surface area contributed by atoms with Gasteiger partial charge in [0.15, 0.2) is 5.82 Å². The van der Waals surface area contributed by atoms with Gasteiger partial charge >= 0.3 is 0 Å². The summed E-state index contributed by atoms with van der Waals surface area (Å²) in [6.07, 6.45) is 3.17. The number of rotatable bonds is 5. The molecule has 0 fully saturated rings. The number of ether oxygens (including phenoxy) is 1. The lowest BCUT2D eigenvalue weighted by atomic mass is 10.3. The topological polar surface area (TPSA) is 72.8 Å². The highest BCUT2D eigenvalue weighted by atomic mass is 16.5. The molecule has 0 unspecified atom stereocenters. The van der Waals surface area contributed by atoms with Gasteiger partial charge in [-0.05, 0) is 6.07 Å². The average Bonchev–Trinajstić information content (AvgIpc) is 2.45. The zero-order chi connectivity index (χ0) is 13.7. The van der Waals surface area contributed by atoms with Crippen LogP contribution in [0.5, 0.6) is 5.88 Å². The van der Waals surface area contributed by atoms with E-state index in [1.165, 1.54) is 6.33 Å². The summed E-state index contributed by atoms with van der Waals surface area (Å²) < 4.78 is 5.07. The first-order valence-electron chi connectivity index (χ1n) is 6.10. The Morgan fingerprint density at radius 1 is 1.26 bits per heavy atom. The Morgan fingerprint density at radius 2 is 2.11 bits per heavy atom. The fourth-order valence-electron chi connectivity index (χ4n) is 1.50. The first-order valence-corrected chi connectivity index (χ1v) is 6.10. The Bertz CT molecular complexity index is 544. The van der Waals surface area contributed by atoms with Crippen molar-refractivity contribution in [3.05, 3.63) is 30.4 Å². The van der Waals surface area contributed by atoms with E-state index in [1.807, 2.05) is 6.07 Å². The smallest absolute Gasteiger partial charge is 0.216 e. The molecule has 0 radical (unpaired) electrons. The Morgan fingerprint density at radius 3 is 2.84 bits per heavy atom. The third-order valence-electron chi connectivity index (χ3n) is 2.48. The van der Waals surface area contributed by atoms with Gasteiger partial charge in [-0.15, -0.1) is 0 Å². The molecule has 0 saturated carbocycles. The molecule has 0 aliphatic carbocycles. The van der Waals surface area contributed by atoms with Gasteiger partial charge in [0.25, 0.3) is 0 Å². The van der Waals surface area contributed by atoms with Crippen LogP contribution in [0.15, 0.2) is 24.7 Å². The predicted molar refractivity (Wildman–Crippen MR) is 71.6 cm³/mol. The summed E-state index contributed by atoms with van der Waals surface area (Å²) in [5.41, 5.74) is 1.58. The number of nitrogens with zero attached hydrogens (tertiary/aromatic N) is 4. The molecule has 0 aliphatic heterocycles. The van der Waals surface area contributed by atoms with Crippen molar-refractivity contribution in [2.24, 2.45) is 0 Å².